The topological polar surface area (TPSA) is 46.5 Å². The number of ketones is 1. The second kappa shape index (κ2) is 4.25. The Morgan fingerprint density at radius 2 is 2.00 bits per heavy atom. The first kappa shape index (κ1) is 12.8. The van der Waals surface area contributed by atoms with Gasteiger partial charge in [0.25, 0.3) is 0 Å². The van der Waals surface area contributed by atoms with Crippen molar-refractivity contribution in [3.63, 3.8) is 0 Å². The van der Waals surface area contributed by atoms with Gasteiger partial charge in [0.2, 0.25) is 11.4 Å². The van der Waals surface area contributed by atoms with E-state index in [2.05, 4.69) is 6.58 Å². The molecule has 1 N–H and O–H groups in total. The van der Waals surface area contributed by atoms with Crippen molar-refractivity contribution in [3.05, 3.63) is 47.8 Å². The first-order valence-electron chi connectivity index (χ1n) is 6.08. The summed E-state index contributed by atoms with van der Waals surface area (Å²) in [5, 5.41) is 10.4. The molecule has 0 bridgehead atoms. The van der Waals surface area contributed by atoms with Gasteiger partial charge < -0.3 is 9.84 Å². The molecule has 0 heterocycles. The Labute approximate surface area is 107 Å². The molecule has 2 aliphatic rings. The van der Waals surface area contributed by atoms with Crippen LogP contribution in [0.5, 0.6) is 0 Å². The molecule has 1 atom stereocenters. The lowest BCUT2D eigenvalue weighted by molar-refractivity contribution is -0.137. The minimum Gasteiger partial charge on any atom is -0.491 e. The first-order chi connectivity index (χ1) is 8.39. The molecule has 2 rings (SSSR count). The highest BCUT2D eigenvalue weighted by Crippen LogP contribution is 2.45. The smallest absolute Gasteiger partial charge is 0.206 e. The average Bonchev–Trinajstić information content (AvgIpc) is 2.80. The van der Waals surface area contributed by atoms with Crippen LogP contribution in [0.3, 0.4) is 0 Å². The molecule has 0 aliphatic heterocycles. The van der Waals surface area contributed by atoms with Crippen molar-refractivity contribution < 1.29 is 14.6 Å². The van der Waals surface area contributed by atoms with Crippen molar-refractivity contribution in [1.29, 1.82) is 0 Å². The Bertz CT molecular complexity index is 482. The van der Waals surface area contributed by atoms with E-state index in [4.69, 9.17) is 4.74 Å². The minimum absolute atomic E-state index is 0.0918. The molecule has 1 unspecified atom stereocenters. The van der Waals surface area contributed by atoms with E-state index in [-0.39, 0.29) is 17.8 Å². The average molecular weight is 246 g/mol. The Balaban J connectivity index is 2.44. The summed E-state index contributed by atoms with van der Waals surface area (Å²) in [4.78, 5) is 12.2. The molecule has 0 aromatic rings. The lowest BCUT2D eigenvalue weighted by Gasteiger charge is -2.41. The van der Waals surface area contributed by atoms with Crippen molar-refractivity contribution in [2.45, 2.75) is 32.5 Å². The van der Waals surface area contributed by atoms with Crippen molar-refractivity contribution in [1.82, 2.24) is 0 Å². The number of allylic oxidation sites excluding steroid dienone is 4. The second-order valence-electron chi connectivity index (χ2n) is 5.02. The van der Waals surface area contributed by atoms with E-state index < -0.39 is 5.60 Å². The second-order valence-corrected chi connectivity index (χ2v) is 5.02. The van der Waals surface area contributed by atoms with E-state index in [9.17, 15) is 9.90 Å². The van der Waals surface area contributed by atoms with Crippen LogP contribution in [0, 0.1) is 5.92 Å². The molecule has 0 radical (unpaired) electrons. The first-order valence-corrected chi connectivity index (χ1v) is 6.08. The summed E-state index contributed by atoms with van der Waals surface area (Å²) >= 11 is 0. The molecule has 2 aliphatic carbocycles. The van der Waals surface area contributed by atoms with E-state index in [0.717, 1.165) is 0 Å². The summed E-state index contributed by atoms with van der Waals surface area (Å²) in [6, 6.07) is 0. The van der Waals surface area contributed by atoms with Crippen molar-refractivity contribution in [2.75, 3.05) is 0 Å². The van der Waals surface area contributed by atoms with Crippen LogP contribution in [0.25, 0.3) is 0 Å². The summed E-state index contributed by atoms with van der Waals surface area (Å²) < 4.78 is 5.64. The molecule has 0 aromatic heterocycles. The molecule has 96 valence electrons. The van der Waals surface area contributed by atoms with Crippen LogP contribution in [0.1, 0.15) is 20.8 Å². The monoisotopic (exact) mass is 246 g/mol. The number of hydrogen-bond acceptors (Lipinski definition) is 3. The van der Waals surface area contributed by atoms with Crippen LogP contribution < -0.4 is 0 Å². The van der Waals surface area contributed by atoms with E-state index in [1.54, 1.807) is 6.92 Å². The van der Waals surface area contributed by atoms with Gasteiger partial charge in [-0.05, 0) is 26.3 Å². The minimum atomic E-state index is -1.64. The summed E-state index contributed by atoms with van der Waals surface area (Å²) in [7, 11) is 0. The zero-order valence-corrected chi connectivity index (χ0v) is 10.9. The number of Topliss-reactive ketones (excluding diaryl/α,β-unsaturated/α-hetero) is 1. The van der Waals surface area contributed by atoms with Gasteiger partial charge >= 0.3 is 0 Å². The summed E-state index contributed by atoms with van der Waals surface area (Å²) in [5.41, 5.74) is -0.693. The standard InChI is InChI=1S/C15H18O3/c1-9(2)15(17)13(16)12(11-7-5-6-8-11)14(15)18-10(3)4/h5-8,10-11,17H,1H2,2-4H3. The zero-order chi connectivity index (χ0) is 13.5. The summed E-state index contributed by atoms with van der Waals surface area (Å²) in [6.07, 6.45) is 7.50. The third-order valence-electron chi connectivity index (χ3n) is 3.20. The van der Waals surface area contributed by atoms with E-state index in [1.807, 2.05) is 38.2 Å². The summed E-state index contributed by atoms with van der Waals surface area (Å²) in [6.45, 7) is 9.07. The number of carbonyl (C=O) groups is 1. The van der Waals surface area contributed by atoms with Gasteiger partial charge in [0.15, 0.2) is 0 Å². The highest BCUT2D eigenvalue weighted by molar-refractivity contribution is 6.14. The SMILES string of the molecule is C=C(C)C1(O)C(=O)C(C2C=CC=C2)=C1OC(C)C. The van der Waals surface area contributed by atoms with E-state index >= 15 is 0 Å². The summed E-state index contributed by atoms with van der Waals surface area (Å²) in [5.74, 6) is -0.0334. The van der Waals surface area contributed by atoms with Crippen LogP contribution in [0.2, 0.25) is 0 Å². The Hall–Kier alpha value is -1.61. The van der Waals surface area contributed by atoms with Gasteiger partial charge in [-0.25, -0.2) is 0 Å². The third-order valence-corrected chi connectivity index (χ3v) is 3.20. The quantitative estimate of drug-likeness (QED) is 0.774. The molecular formula is C15H18O3. The molecule has 0 aromatic carbocycles. The van der Waals surface area contributed by atoms with Gasteiger partial charge in [0.05, 0.1) is 11.7 Å². The maximum Gasteiger partial charge on any atom is 0.206 e. The zero-order valence-electron chi connectivity index (χ0n) is 10.9. The van der Waals surface area contributed by atoms with Gasteiger partial charge in [-0.2, -0.15) is 0 Å². The fraction of sp³-hybridized carbons (Fsp3) is 0.400. The van der Waals surface area contributed by atoms with Crippen LogP contribution in [0.15, 0.2) is 47.8 Å². The van der Waals surface area contributed by atoms with Gasteiger partial charge in [-0.15, -0.1) is 0 Å². The third kappa shape index (κ3) is 1.66. The largest absolute Gasteiger partial charge is 0.491 e. The predicted molar refractivity (Wildman–Crippen MR) is 69.8 cm³/mol. The van der Waals surface area contributed by atoms with E-state index in [0.29, 0.717) is 16.9 Å². The van der Waals surface area contributed by atoms with Crippen LogP contribution in [-0.4, -0.2) is 22.6 Å². The van der Waals surface area contributed by atoms with Gasteiger partial charge in [0.1, 0.15) is 5.76 Å². The van der Waals surface area contributed by atoms with Crippen molar-refractivity contribution in [3.8, 4) is 0 Å². The van der Waals surface area contributed by atoms with Crippen molar-refractivity contribution in [2.24, 2.45) is 5.92 Å². The van der Waals surface area contributed by atoms with Crippen LogP contribution in [-0.2, 0) is 9.53 Å². The van der Waals surface area contributed by atoms with Crippen LogP contribution >= 0.6 is 0 Å². The molecular weight excluding hydrogens is 228 g/mol. The maximum absolute atomic E-state index is 12.2. The molecule has 18 heavy (non-hydrogen) atoms. The molecule has 0 saturated heterocycles. The van der Waals surface area contributed by atoms with Gasteiger partial charge in [-0.3, -0.25) is 4.79 Å². The fourth-order valence-corrected chi connectivity index (χ4v) is 2.23. The van der Waals surface area contributed by atoms with Gasteiger partial charge in [-0.1, -0.05) is 30.9 Å². The number of ether oxygens (including phenoxy) is 1. The number of aliphatic hydroxyl groups is 1. The Morgan fingerprint density at radius 1 is 1.44 bits per heavy atom. The lowest BCUT2D eigenvalue weighted by atomic mass is 9.69. The van der Waals surface area contributed by atoms with Crippen molar-refractivity contribution >= 4 is 5.78 Å². The normalized spacial score (nSPS) is 27.1. The maximum atomic E-state index is 12.2. The Kier molecular flexibility index (Phi) is 3.03. The molecule has 3 heteroatoms. The number of hydrogen-bond donors (Lipinski definition) is 1. The molecule has 0 amide bonds. The Morgan fingerprint density at radius 3 is 2.44 bits per heavy atom. The molecule has 0 fully saturated rings. The fourth-order valence-electron chi connectivity index (χ4n) is 2.23. The molecule has 0 spiro atoms. The molecule has 3 nitrogen and oxygen atoms in total. The lowest BCUT2D eigenvalue weighted by Crippen LogP contribution is -2.54. The van der Waals surface area contributed by atoms with E-state index in [1.165, 1.54) is 0 Å². The highest BCUT2D eigenvalue weighted by Gasteiger charge is 2.56. The molecule has 0 saturated carbocycles. The predicted octanol–water partition coefficient (Wildman–Crippen LogP) is 2.30. The number of carbonyl (C=O) groups excluding carboxylic acids is 1. The van der Waals surface area contributed by atoms with Crippen LogP contribution in [0.4, 0.5) is 0 Å². The number of rotatable bonds is 4. The highest BCUT2D eigenvalue weighted by atomic mass is 16.5. The van der Waals surface area contributed by atoms with Gasteiger partial charge in [0, 0.05) is 5.92 Å².